The van der Waals surface area contributed by atoms with Gasteiger partial charge in [-0.05, 0) is 56.7 Å². The van der Waals surface area contributed by atoms with Gasteiger partial charge in [-0.15, -0.1) is 0 Å². The predicted molar refractivity (Wildman–Crippen MR) is 86.0 cm³/mol. The summed E-state index contributed by atoms with van der Waals surface area (Å²) in [5.74, 6) is 0.801. The monoisotopic (exact) mass is 325 g/mol. The molecule has 6 heteroatoms. The molecule has 122 valence electrons. The van der Waals surface area contributed by atoms with E-state index in [-0.39, 0.29) is 18.1 Å². The van der Waals surface area contributed by atoms with Gasteiger partial charge >= 0.3 is 0 Å². The lowest BCUT2D eigenvalue weighted by atomic mass is 9.71. The molecule has 1 aromatic heterocycles. The summed E-state index contributed by atoms with van der Waals surface area (Å²) in [6, 6.07) is 1.85. The summed E-state index contributed by atoms with van der Waals surface area (Å²) in [5, 5.41) is 16.8. The molecule has 5 nitrogen and oxygen atoms in total. The Labute approximate surface area is 136 Å². The smallest absolute Gasteiger partial charge is 0.268 e. The van der Waals surface area contributed by atoms with Gasteiger partial charge in [-0.2, -0.15) is 0 Å². The normalized spacial score (nSPS) is 27.2. The molecule has 0 spiro atoms. The number of aliphatic hydroxyl groups is 1. The number of aromatic nitrogens is 1. The van der Waals surface area contributed by atoms with Crippen molar-refractivity contribution in [3.63, 3.8) is 0 Å². The molecule has 22 heavy (non-hydrogen) atoms. The van der Waals surface area contributed by atoms with Gasteiger partial charge in [0.05, 0.1) is 11.1 Å². The molecule has 3 N–H and O–H groups in total. The van der Waals surface area contributed by atoms with E-state index in [0.29, 0.717) is 22.6 Å². The second-order valence-electron chi connectivity index (χ2n) is 6.63. The van der Waals surface area contributed by atoms with E-state index in [1.807, 2.05) is 7.05 Å². The Morgan fingerprint density at radius 1 is 1.41 bits per heavy atom. The van der Waals surface area contributed by atoms with Gasteiger partial charge in [0.1, 0.15) is 5.69 Å². The third-order valence-electron chi connectivity index (χ3n) is 5.05. The Morgan fingerprint density at radius 2 is 2.09 bits per heavy atom. The molecule has 1 amide bonds. The van der Waals surface area contributed by atoms with Crippen molar-refractivity contribution in [2.45, 2.75) is 37.8 Å². The molecule has 2 aliphatic rings. The van der Waals surface area contributed by atoms with E-state index in [4.69, 9.17) is 11.6 Å². The topological polar surface area (TPSA) is 66.3 Å². The number of hydrogen-bond donors (Lipinski definition) is 3. The number of rotatable bonds is 4. The van der Waals surface area contributed by atoms with Crippen LogP contribution in [0.15, 0.2) is 12.3 Å². The van der Waals surface area contributed by atoms with Gasteiger partial charge < -0.3 is 20.3 Å². The average Bonchev–Trinajstić information content (AvgIpc) is 2.81. The molecular weight excluding hydrogens is 302 g/mol. The van der Waals surface area contributed by atoms with Crippen LogP contribution in [0.4, 0.5) is 0 Å². The minimum Gasteiger partial charge on any atom is -0.393 e. The fourth-order valence-electron chi connectivity index (χ4n) is 3.72. The van der Waals surface area contributed by atoms with Gasteiger partial charge in [0.15, 0.2) is 0 Å². The van der Waals surface area contributed by atoms with E-state index in [1.165, 1.54) is 0 Å². The van der Waals surface area contributed by atoms with Crippen molar-refractivity contribution in [3.05, 3.63) is 23.0 Å². The summed E-state index contributed by atoms with van der Waals surface area (Å²) in [5.41, 5.74) is 0.587. The van der Waals surface area contributed by atoms with Crippen LogP contribution in [0.1, 0.15) is 36.2 Å². The lowest BCUT2D eigenvalue weighted by molar-refractivity contribution is 0.00909. The SMILES string of the molecule is Cn1cc(Cl)cc1C(=O)N[C@@H](C1CCNCC1)C1CC(O)C1. The summed E-state index contributed by atoms with van der Waals surface area (Å²) in [6.07, 6.45) is 5.28. The standard InChI is InChI=1S/C16H24ClN3O2/c1-20-9-12(17)8-14(20)16(22)19-15(11-6-13(21)7-11)10-2-4-18-5-3-10/h8-11,13,15,18,21H,2-7H2,1H3,(H,19,22)/t11?,13?,15-/m0/s1. The summed E-state index contributed by atoms with van der Waals surface area (Å²) in [6.45, 7) is 2.00. The van der Waals surface area contributed by atoms with Crippen molar-refractivity contribution in [1.82, 2.24) is 15.2 Å². The Balaban J connectivity index is 1.71. The van der Waals surface area contributed by atoms with Gasteiger partial charge in [-0.1, -0.05) is 11.6 Å². The second kappa shape index (κ2) is 6.60. The Hall–Kier alpha value is -1.04. The molecule has 1 aliphatic heterocycles. The number of nitrogens with one attached hydrogen (secondary N) is 2. The summed E-state index contributed by atoms with van der Waals surface area (Å²) < 4.78 is 1.76. The zero-order chi connectivity index (χ0) is 15.7. The zero-order valence-electron chi connectivity index (χ0n) is 12.9. The number of hydrogen-bond acceptors (Lipinski definition) is 3. The fourth-order valence-corrected chi connectivity index (χ4v) is 3.97. The van der Waals surface area contributed by atoms with Crippen LogP contribution < -0.4 is 10.6 Å². The largest absolute Gasteiger partial charge is 0.393 e. The molecule has 1 aromatic rings. The summed E-state index contributed by atoms with van der Waals surface area (Å²) in [7, 11) is 1.83. The van der Waals surface area contributed by atoms with Crippen LogP contribution in [0.2, 0.25) is 5.02 Å². The van der Waals surface area contributed by atoms with Crippen molar-refractivity contribution in [3.8, 4) is 0 Å². The highest BCUT2D eigenvalue weighted by Crippen LogP contribution is 2.36. The first kappa shape index (κ1) is 15.8. The molecule has 1 saturated heterocycles. The highest BCUT2D eigenvalue weighted by Gasteiger charge is 2.39. The highest BCUT2D eigenvalue weighted by atomic mass is 35.5. The number of carbonyl (C=O) groups excluding carboxylic acids is 1. The van der Waals surface area contributed by atoms with Crippen LogP contribution in [0.3, 0.4) is 0 Å². The van der Waals surface area contributed by atoms with Crippen LogP contribution in [0, 0.1) is 11.8 Å². The Kier molecular flexibility index (Phi) is 4.76. The Bertz CT molecular complexity index is 533. The molecule has 1 aliphatic carbocycles. The van der Waals surface area contributed by atoms with Crippen LogP contribution >= 0.6 is 11.6 Å². The van der Waals surface area contributed by atoms with Crippen LogP contribution in [-0.4, -0.2) is 40.8 Å². The van der Waals surface area contributed by atoms with Gasteiger partial charge in [0.2, 0.25) is 0 Å². The quantitative estimate of drug-likeness (QED) is 0.787. The third-order valence-corrected chi connectivity index (χ3v) is 5.26. The number of amides is 1. The number of halogens is 1. The van der Waals surface area contributed by atoms with Crippen LogP contribution in [-0.2, 0) is 7.05 Å². The lowest BCUT2D eigenvalue weighted by Crippen LogP contribution is -2.53. The van der Waals surface area contributed by atoms with E-state index in [0.717, 1.165) is 38.8 Å². The minimum absolute atomic E-state index is 0.0701. The van der Waals surface area contributed by atoms with Crippen molar-refractivity contribution in [2.24, 2.45) is 18.9 Å². The highest BCUT2D eigenvalue weighted by molar-refractivity contribution is 6.31. The van der Waals surface area contributed by atoms with Crippen LogP contribution in [0.5, 0.6) is 0 Å². The van der Waals surface area contributed by atoms with E-state index >= 15 is 0 Å². The van der Waals surface area contributed by atoms with E-state index in [2.05, 4.69) is 10.6 Å². The maximum atomic E-state index is 12.6. The van der Waals surface area contributed by atoms with E-state index < -0.39 is 0 Å². The molecule has 0 bridgehead atoms. The van der Waals surface area contributed by atoms with E-state index in [9.17, 15) is 9.90 Å². The molecule has 0 aromatic carbocycles. The molecule has 2 fully saturated rings. The minimum atomic E-state index is -0.199. The zero-order valence-corrected chi connectivity index (χ0v) is 13.6. The van der Waals surface area contributed by atoms with Gasteiger partial charge in [0.25, 0.3) is 5.91 Å². The number of carbonyl (C=O) groups is 1. The summed E-state index contributed by atoms with van der Waals surface area (Å²) >= 11 is 5.97. The van der Waals surface area contributed by atoms with Crippen molar-refractivity contribution < 1.29 is 9.90 Å². The number of aliphatic hydroxyl groups excluding tert-OH is 1. The molecule has 0 radical (unpaired) electrons. The number of aryl methyl sites for hydroxylation is 1. The average molecular weight is 326 g/mol. The van der Waals surface area contributed by atoms with Gasteiger partial charge in [0, 0.05) is 19.3 Å². The number of piperidine rings is 1. The molecule has 1 saturated carbocycles. The molecule has 3 rings (SSSR count). The number of nitrogens with zero attached hydrogens (tertiary/aromatic N) is 1. The first-order valence-corrected chi connectivity index (χ1v) is 8.44. The predicted octanol–water partition coefficient (Wildman–Crippen LogP) is 1.55. The maximum Gasteiger partial charge on any atom is 0.268 e. The van der Waals surface area contributed by atoms with Crippen molar-refractivity contribution >= 4 is 17.5 Å². The molecule has 0 unspecified atom stereocenters. The molecular formula is C16H24ClN3O2. The summed E-state index contributed by atoms with van der Waals surface area (Å²) in [4.78, 5) is 12.6. The second-order valence-corrected chi connectivity index (χ2v) is 7.06. The third kappa shape index (κ3) is 3.31. The van der Waals surface area contributed by atoms with Gasteiger partial charge in [-0.3, -0.25) is 4.79 Å². The first-order valence-electron chi connectivity index (χ1n) is 8.06. The first-order chi connectivity index (χ1) is 10.5. The van der Waals surface area contributed by atoms with E-state index in [1.54, 1.807) is 16.8 Å². The lowest BCUT2D eigenvalue weighted by Gasteiger charge is -2.43. The maximum absolute atomic E-state index is 12.6. The molecule has 2 heterocycles. The van der Waals surface area contributed by atoms with Crippen molar-refractivity contribution in [1.29, 1.82) is 0 Å². The fraction of sp³-hybridized carbons (Fsp3) is 0.688. The van der Waals surface area contributed by atoms with Crippen LogP contribution in [0.25, 0.3) is 0 Å². The van der Waals surface area contributed by atoms with Crippen molar-refractivity contribution in [2.75, 3.05) is 13.1 Å². The Morgan fingerprint density at radius 3 is 2.64 bits per heavy atom. The molecule has 1 atom stereocenters. The van der Waals surface area contributed by atoms with Gasteiger partial charge in [-0.25, -0.2) is 0 Å².